The molecule has 0 bridgehead atoms. The molecule has 0 saturated carbocycles. The number of esters is 3. The Bertz CT molecular complexity index is 1630. The number of carbonyl (C=O) groups is 3. The fourth-order valence-electron chi connectivity index (χ4n) is 4.40. The normalized spacial score (nSPS) is 11.4. The van der Waals surface area contributed by atoms with Crippen molar-refractivity contribution in [3.05, 3.63) is 118 Å². The van der Waals surface area contributed by atoms with Crippen LogP contribution in [0, 0.1) is 39.3 Å². The van der Waals surface area contributed by atoms with Gasteiger partial charge in [-0.2, -0.15) is 0 Å². The van der Waals surface area contributed by atoms with Gasteiger partial charge in [0.25, 0.3) is 0 Å². The maximum absolute atomic E-state index is 14.1. The van der Waals surface area contributed by atoms with Gasteiger partial charge < -0.3 is 24.3 Å². The van der Waals surface area contributed by atoms with E-state index < -0.39 is 35.9 Å². The van der Waals surface area contributed by atoms with Crippen LogP contribution in [0.15, 0.2) is 72.8 Å². The van der Waals surface area contributed by atoms with Crippen LogP contribution in [0.3, 0.4) is 0 Å². The molecule has 3 rings (SSSR count). The fourth-order valence-corrected chi connectivity index (χ4v) is 4.40. The molecule has 0 spiro atoms. The summed E-state index contributed by atoms with van der Waals surface area (Å²) in [5.74, 6) is -1.86. The number of anilines is 1. The quantitative estimate of drug-likeness (QED) is 0.117. The van der Waals surface area contributed by atoms with Crippen molar-refractivity contribution in [1.29, 1.82) is 0 Å². The summed E-state index contributed by atoms with van der Waals surface area (Å²) in [7, 11) is 1.61. The van der Waals surface area contributed by atoms with E-state index in [0.29, 0.717) is 22.3 Å². The zero-order chi connectivity index (χ0) is 35.4. The lowest BCUT2D eigenvalue weighted by Gasteiger charge is -2.23. The predicted molar refractivity (Wildman–Crippen MR) is 184 cm³/mol. The minimum absolute atomic E-state index is 0. The standard InChI is InChI=1S/C22H26FNO3.C15H17FO4.CH4/c1-7-27-22(25)16(5)21(17-9-8-13(2)19(23)11-17)24-18-10-14(3)15(4)20(12-18)26-6;1-5-19-15(18)10(3)14(20-11(4)17)12-7-6-9(2)13(16)8-12;/h8-12,21,24H,5,7H2,1-4,6H3;6-8,14H,3,5H2,1-2,4H3;1H4/t21-;;/m1../s1. The van der Waals surface area contributed by atoms with Crippen LogP contribution in [-0.4, -0.2) is 38.2 Å². The second-order valence-corrected chi connectivity index (χ2v) is 10.7. The Morgan fingerprint density at radius 2 is 1.27 bits per heavy atom. The van der Waals surface area contributed by atoms with Gasteiger partial charge in [0.05, 0.1) is 37.5 Å². The summed E-state index contributed by atoms with van der Waals surface area (Å²) < 4.78 is 48.1. The zero-order valence-corrected chi connectivity index (χ0v) is 28.2. The van der Waals surface area contributed by atoms with E-state index in [4.69, 9.17) is 18.9 Å². The minimum Gasteiger partial charge on any atom is -0.496 e. The Morgan fingerprint density at radius 1 is 0.771 bits per heavy atom. The van der Waals surface area contributed by atoms with Crippen molar-refractivity contribution < 1.29 is 42.1 Å². The molecule has 0 aliphatic heterocycles. The lowest BCUT2D eigenvalue weighted by Crippen LogP contribution is -2.20. The van der Waals surface area contributed by atoms with Crippen molar-refractivity contribution in [2.24, 2.45) is 0 Å². The molecule has 0 aliphatic rings. The van der Waals surface area contributed by atoms with Gasteiger partial charge in [0.15, 0.2) is 6.10 Å². The average molecular weight is 668 g/mol. The monoisotopic (exact) mass is 667 g/mol. The first kappa shape index (κ1) is 41.0. The highest BCUT2D eigenvalue weighted by atomic mass is 19.1. The van der Waals surface area contributed by atoms with Crippen LogP contribution in [0.2, 0.25) is 0 Å². The van der Waals surface area contributed by atoms with Gasteiger partial charge in [0.1, 0.15) is 17.4 Å². The van der Waals surface area contributed by atoms with E-state index in [0.717, 1.165) is 22.6 Å². The van der Waals surface area contributed by atoms with E-state index in [1.807, 2.05) is 26.0 Å². The number of methoxy groups -OCH3 is 1. The van der Waals surface area contributed by atoms with Crippen molar-refractivity contribution in [2.45, 2.75) is 68.0 Å². The second-order valence-electron chi connectivity index (χ2n) is 10.7. The smallest absolute Gasteiger partial charge is 0.337 e. The first-order chi connectivity index (χ1) is 22.1. The van der Waals surface area contributed by atoms with Crippen LogP contribution in [-0.2, 0) is 28.6 Å². The van der Waals surface area contributed by atoms with Gasteiger partial charge in [-0.15, -0.1) is 0 Å². The van der Waals surface area contributed by atoms with Crippen LogP contribution < -0.4 is 10.1 Å². The van der Waals surface area contributed by atoms with Crippen LogP contribution in [0.1, 0.15) is 73.7 Å². The number of aryl methyl sites for hydroxylation is 3. The van der Waals surface area contributed by atoms with E-state index in [9.17, 15) is 23.2 Å². The summed E-state index contributed by atoms with van der Waals surface area (Å²) in [6.07, 6.45) is -1.05. The van der Waals surface area contributed by atoms with Crippen molar-refractivity contribution in [3.63, 3.8) is 0 Å². The molecule has 0 radical (unpaired) electrons. The maximum atomic E-state index is 14.1. The molecule has 0 fully saturated rings. The number of nitrogens with one attached hydrogen (secondary N) is 1. The molecule has 3 aromatic rings. The molecule has 10 heteroatoms. The number of hydrogen-bond acceptors (Lipinski definition) is 8. The molecule has 1 unspecified atom stereocenters. The fraction of sp³-hybridized carbons (Fsp3) is 0.342. The highest BCUT2D eigenvalue weighted by Gasteiger charge is 2.26. The molecule has 8 nitrogen and oxygen atoms in total. The molecule has 1 N–H and O–H groups in total. The number of ether oxygens (including phenoxy) is 4. The van der Waals surface area contributed by atoms with Gasteiger partial charge in [-0.25, -0.2) is 18.4 Å². The first-order valence-corrected chi connectivity index (χ1v) is 15.0. The van der Waals surface area contributed by atoms with Crippen molar-refractivity contribution in [2.75, 3.05) is 25.6 Å². The number of hydrogen-bond donors (Lipinski definition) is 1. The first-order valence-electron chi connectivity index (χ1n) is 15.0. The number of halogens is 2. The largest absolute Gasteiger partial charge is 0.496 e. The molecule has 3 aromatic carbocycles. The third-order valence-electron chi connectivity index (χ3n) is 7.20. The number of rotatable bonds is 12. The number of benzene rings is 3. The molecule has 0 saturated heterocycles. The molecule has 0 aliphatic carbocycles. The molecule has 260 valence electrons. The van der Waals surface area contributed by atoms with Crippen LogP contribution in [0.5, 0.6) is 5.75 Å². The molecule has 2 atom stereocenters. The summed E-state index contributed by atoms with van der Waals surface area (Å²) in [6, 6.07) is 12.4. The van der Waals surface area contributed by atoms with Crippen molar-refractivity contribution >= 4 is 23.6 Å². The molecule has 0 aromatic heterocycles. The van der Waals surface area contributed by atoms with Gasteiger partial charge in [0, 0.05) is 24.2 Å². The molecular weight excluding hydrogens is 620 g/mol. The highest BCUT2D eigenvalue weighted by molar-refractivity contribution is 5.90. The maximum Gasteiger partial charge on any atom is 0.337 e. The molecule has 48 heavy (non-hydrogen) atoms. The third kappa shape index (κ3) is 11.1. The van der Waals surface area contributed by atoms with Gasteiger partial charge in [0.2, 0.25) is 0 Å². The second kappa shape index (κ2) is 19.0. The minimum atomic E-state index is -1.05. The highest BCUT2D eigenvalue weighted by Crippen LogP contribution is 2.32. The van der Waals surface area contributed by atoms with E-state index in [1.165, 1.54) is 19.1 Å². The van der Waals surface area contributed by atoms with Gasteiger partial charge in [-0.1, -0.05) is 44.8 Å². The number of carbonyl (C=O) groups excluding carboxylic acids is 3. The SMILES string of the molecule is C.C=C(C(=O)OCC)C(OC(C)=O)c1ccc(C)c(F)c1.C=C(C(=O)OCC)[C@@H](Nc1cc(C)c(C)c(OC)c1)c1ccc(C)c(F)c1. The Balaban J connectivity index is 0.000000491. The van der Waals surface area contributed by atoms with E-state index in [1.54, 1.807) is 59.1 Å². The Labute approximate surface area is 282 Å². The molecule has 0 heterocycles. The third-order valence-corrected chi connectivity index (χ3v) is 7.20. The van der Waals surface area contributed by atoms with Crippen LogP contribution in [0.25, 0.3) is 0 Å². The van der Waals surface area contributed by atoms with Crippen molar-refractivity contribution in [1.82, 2.24) is 0 Å². The van der Waals surface area contributed by atoms with Crippen LogP contribution in [0.4, 0.5) is 14.5 Å². The lowest BCUT2D eigenvalue weighted by molar-refractivity contribution is -0.148. The van der Waals surface area contributed by atoms with Gasteiger partial charge in [-0.3, -0.25) is 4.79 Å². The Morgan fingerprint density at radius 3 is 1.75 bits per heavy atom. The molecule has 0 amide bonds. The van der Waals surface area contributed by atoms with Gasteiger partial charge in [-0.05, 0) is 87.6 Å². The van der Waals surface area contributed by atoms with E-state index in [2.05, 4.69) is 18.5 Å². The summed E-state index contributed by atoms with van der Waals surface area (Å²) in [6.45, 7) is 19.7. The topological polar surface area (TPSA) is 100 Å². The van der Waals surface area contributed by atoms with E-state index >= 15 is 0 Å². The van der Waals surface area contributed by atoms with Gasteiger partial charge >= 0.3 is 17.9 Å². The summed E-state index contributed by atoms with van der Waals surface area (Å²) in [5, 5.41) is 3.28. The summed E-state index contributed by atoms with van der Waals surface area (Å²) >= 11 is 0. The van der Waals surface area contributed by atoms with E-state index in [-0.39, 0.29) is 37.6 Å². The zero-order valence-electron chi connectivity index (χ0n) is 28.2. The lowest BCUT2D eigenvalue weighted by atomic mass is 9.97. The Hall–Kier alpha value is -4.99. The molecular formula is C38H47F2NO7. The predicted octanol–water partition coefficient (Wildman–Crippen LogP) is 8.53. The summed E-state index contributed by atoms with van der Waals surface area (Å²) in [5.41, 5.74) is 4.88. The average Bonchev–Trinajstić information content (AvgIpc) is 3.02. The Kier molecular flexibility index (Phi) is 16.2. The van der Waals surface area contributed by atoms with Crippen molar-refractivity contribution in [3.8, 4) is 5.75 Å². The summed E-state index contributed by atoms with van der Waals surface area (Å²) in [4.78, 5) is 35.1. The van der Waals surface area contributed by atoms with Crippen LogP contribution >= 0.6 is 0 Å².